The summed E-state index contributed by atoms with van der Waals surface area (Å²) in [6, 6.07) is 13.8. The minimum atomic E-state index is -4.22. The van der Waals surface area contributed by atoms with Crippen molar-refractivity contribution in [1.82, 2.24) is 24.8 Å². The summed E-state index contributed by atoms with van der Waals surface area (Å²) in [5.41, 5.74) is 2.33. The summed E-state index contributed by atoms with van der Waals surface area (Å²) in [6.45, 7) is 7.25. The van der Waals surface area contributed by atoms with Crippen LogP contribution in [-0.4, -0.2) is 40.1 Å². The maximum Gasteiger partial charge on any atom is 0.272 e. The third-order valence-corrected chi connectivity index (χ3v) is 7.95. The van der Waals surface area contributed by atoms with Crippen molar-refractivity contribution in [3.8, 4) is 17.3 Å². The van der Waals surface area contributed by atoms with Crippen LogP contribution in [-0.2, 0) is 16.6 Å². The molecule has 2 heterocycles. The second-order valence-corrected chi connectivity index (χ2v) is 11.2. The number of hydrogen-bond acceptors (Lipinski definition) is 8. The van der Waals surface area contributed by atoms with Crippen molar-refractivity contribution in [2.45, 2.75) is 51.6 Å². The third kappa shape index (κ3) is 6.76. The van der Waals surface area contributed by atoms with Crippen LogP contribution in [0.2, 0.25) is 0 Å². The highest BCUT2D eigenvalue weighted by atomic mass is 32.2. The lowest BCUT2D eigenvalue weighted by molar-refractivity contribution is -0.385. The van der Waals surface area contributed by atoms with E-state index in [4.69, 9.17) is 4.74 Å². The quantitative estimate of drug-likeness (QED) is 0.193. The molecule has 214 valence electrons. The normalized spacial score (nSPS) is 12.1. The first-order valence-electron chi connectivity index (χ1n) is 12.8. The van der Waals surface area contributed by atoms with Gasteiger partial charge in [-0.3, -0.25) is 19.9 Å². The summed E-state index contributed by atoms with van der Waals surface area (Å²) in [4.78, 5) is 27.6. The van der Waals surface area contributed by atoms with Crippen LogP contribution in [0, 0.1) is 24.0 Å². The number of aromatic nitrogens is 3. The number of sulfonamides is 1. The van der Waals surface area contributed by atoms with Gasteiger partial charge in [0.2, 0.25) is 15.9 Å². The van der Waals surface area contributed by atoms with Gasteiger partial charge in [-0.1, -0.05) is 30.7 Å². The van der Waals surface area contributed by atoms with Gasteiger partial charge in [0.15, 0.2) is 5.69 Å². The zero-order valence-corrected chi connectivity index (χ0v) is 23.8. The van der Waals surface area contributed by atoms with E-state index < -0.39 is 37.5 Å². The number of carbonyl (C=O) groups is 1. The smallest absolute Gasteiger partial charge is 0.272 e. The van der Waals surface area contributed by atoms with Gasteiger partial charge in [0.1, 0.15) is 10.6 Å². The number of non-ortho nitro benzene ring substituents is 1. The summed E-state index contributed by atoms with van der Waals surface area (Å²) in [6.07, 6.45) is 3.77. The molecule has 0 bridgehead atoms. The van der Waals surface area contributed by atoms with E-state index in [9.17, 15) is 23.3 Å². The van der Waals surface area contributed by atoms with Crippen LogP contribution in [0.1, 0.15) is 47.4 Å². The number of amides is 1. The zero-order chi connectivity index (χ0) is 29.7. The Morgan fingerprint density at radius 3 is 2.51 bits per heavy atom. The molecule has 2 aromatic heterocycles. The van der Waals surface area contributed by atoms with Crippen molar-refractivity contribution in [2.75, 3.05) is 0 Å². The highest BCUT2D eigenvalue weighted by Gasteiger charge is 2.28. The zero-order valence-electron chi connectivity index (χ0n) is 23.0. The van der Waals surface area contributed by atoms with Crippen molar-refractivity contribution < 1.29 is 22.9 Å². The Morgan fingerprint density at radius 2 is 1.88 bits per heavy atom. The number of hydrogen-bond donors (Lipinski definition) is 2. The lowest BCUT2D eigenvalue weighted by Gasteiger charge is -2.16. The maximum atomic E-state index is 13.3. The van der Waals surface area contributed by atoms with Gasteiger partial charge < -0.3 is 10.1 Å². The van der Waals surface area contributed by atoms with Crippen molar-refractivity contribution in [2.24, 2.45) is 0 Å². The van der Waals surface area contributed by atoms with Crippen molar-refractivity contribution >= 4 is 21.6 Å². The second kappa shape index (κ2) is 12.3. The summed E-state index contributed by atoms with van der Waals surface area (Å²) < 4.78 is 36.7. The molecule has 2 aromatic carbocycles. The number of nitrogens with zero attached hydrogens (tertiary/aromatic N) is 4. The molecule has 4 rings (SSSR count). The van der Waals surface area contributed by atoms with Crippen molar-refractivity contribution in [1.29, 1.82) is 0 Å². The molecule has 0 aliphatic heterocycles. The first-order valence-corrected chi connectivity index (χ1v) is 14.3. The van der Waals surface area contributed by atoms with Crippen LogP contribution >= 0.6 is 0 Å². The van der Waals surface area contributed by atoms with Crippen molar-refractivity contribution in [3.05, 3.63) is 99.5 Å². The number of nitrogens with one attached hydrogen (secondary N) is 2. The van der Waals surface area contributed by atoms with E-state index in [2.05, 4.69) is 20.1 Å². The van der Waals surface area contributed by atoms with Gasteiger partial charge in [0.25, 0.3) is 11.6 Å². The number of benzene rings is 2. The average Bonchev–Trinajstić information content (AvgIpc) is 3.28. The number of carbonyl (C=O) groups excluding carboxylic acids is 1. The number of aryl methyl sites for hydroxylation is 1. The summed E-state index contributed by atoms with van der Waals surface area (Å²) >= 11 is 0. The van der Waals surface area contributed by atoms with Crippen LogP contribution in [0.4, 0.5) is 5.69 Å². The SMILES string of the molecule is CC[C@H](C)NS(=O)(=O)c1cc([N+](=O)[O-])ccc1Oc1c(C)c(C(=O)NCc2cccnc2)nn1-c1ccc(C)cc1. The van der Waals surface area contributed by atoms with Crippen LogP contribution in [0.15, 0.2) is 71.9 Å². The molecular weight excluding hydrogens is 548 g/mol. The maximum absolute atomic E-state index is 13.3. The predicted molar refractivity (Wildman–Crippen MR) is 152 cm³/mol. The van der Waals surface area contributed by atoms with E-state index in [0.717, 1.165) is 23.3 Å². The van der Waals surface area contributed by atoms with E-state index in [1.165, 1.54) is 10.7 Å². The number of pyridine rings is 1. The first kappa shape index (κ1) is 29.4. The second-order valence-electron chi connectivity index (χ2n) is 9.49. The Bertz CT molecular complexity index is 1670. The van der Waals surface area contributed by atoms with E-state index in [0.29, 0.717) is 17.7 Å². The molecule has 1 atom stereocenters. The molecule has 0 aliphatic rings. The summed E-state index contributed by atoms with van der Waals surface area (Å²) in [7, 11) is -4.22. The van der Waals surface area contributed by atoms with Gasteiger partial charge in [-0.25, -0.2) is 13.1 Å². The number of ether oxygens (including phenoxy) is 1. The molecule has 0 unspecified atom stereocenters. The Morgan fingerprint density at radius 1 is 1.15 bits per heavy atom. The van der Waals surface area contributed by atoms with Crippen LogP contribution in [0.25, 0.3) is 5.69 Å². The van der Waals surface area contributed by atoms with E-state index in [1.54, 1.807) is 44.4 Å². The largest absolute Gasteiger partial charge is 0.437 e. The fourth-order valence-corrected chi connectivity index (χ4v) is 5.34. The Labute approximate surface area is 237 Å². The molecule has 12 nitrogen and oxygen atoms in total. The molecule has 4 aromatic rings. The molecule has 0 saturated heterocycles. The highest BCUT2D eigenvalue weighted by molar-refractivity contribution is 7.89. The van der Waals surface area contributed by atoms with Crippen molar-refractivity contribution in [3.63, 3.8) is 0 Å². The molecule has 0 radical (unpaired) electrons. The minimum absolute atomic E-state index is 0.0634. The van der Waals surface area contributed by atoms with E-state index >= 15 is 0 Å². The molecule has 0 fully saturated rings. The first-order chi connectivity index (χ1) is 19.5. The van der Waals surface area contributed by atoms with Gasteiger partial charge in [-0.05, 0) is 57.0 Å². The molecular formula is C28H30N6O6S. The van der Waals surface area contributed by atoms with Crippen LogP contribution in [0.3, 0.4) is 0 Å². The molecule has 1 amide bonds. The Kier molecular flexibility index (Phi) is 8.79. The fraction of sp³-hybridized carbons (Fsp3) is 0.250. The van der Waals surface area contributed by atoms with Crippen LogP contribution in [0.5, 0.6) is 11.6 Å². The summed E-state index contributed by atoms with van der Waals surface area (Å²) in [5.74, 6) is -0.559. The lowest BCUT2D eigenvalue weighted by atomic mass is 10.2. The fourth-order valence-electron chi connectivity index (χ4n) is 3.87. The summed E-state index contributed by atoms with van der Waals surface area (Å²) in [5, 5.41) is 18.8. The van der Waals surface area contributed by atoms with Gasteiger partial charge in [0.05, 0.1) is 10.6 Å². The van der Waals surface area contributed by atoms with Gasteiger partial charge in [-0.2, -0.15) is 9.78 Å². The van der Waals surface area contributed by atoms with Gasteiger partial charge in [-0.15, -0.1) is 0 Å². The topological polar surface area (TPSA) is 158 Å². The molecule has 0 saturated carbocycles. The standard InChI is InChI=1S/C28H30N6O6S/c1-5-19(3)32-41(38,39)25-15-23(34(36)37)12-13-24(25)40-28-20(4)26(27(35)30-17-21-7-6-14-29-16-21)31-33(28)22-10-8-18(2)9-11-22/h6-16,19,32H,5,17H2,1-4H3,(H,30,35)/t19-/m0/s1. The lowest BCUT2D eigenvalue weighted by Crippen LogP contribution is -2.32. The highest BCUT2D eigenvalue weighted by Crippen LogP contribution is 2.36. The van der Waals surface area contributed by atoms with E-state index in [-0.39, 0.29) is 23.9 Å². The van der Waals surface area contributed by atoms with Gasteiger partial charge >= 0.3 is 0 Å². The molecule has 41 heavy (non-hydrogen) atoms. The molecule has 0 spiro atoms. The van der Waals surface area contributed by atoms with Crippen LogP contribution < -0.4 is 14.8 Å². The minimum Gasteiger partial charge on any atom is -0.437 e. The number of nitro benzene ring substituents is 1. The number of nitro groups is 1. The molecule has 2 N–H and O–H groups in total. The Balaban J connectivity index is 1.80. The third-order valence-electron chi connectivity index (χ3n) is 6.34. The predicted octanol–water partition coefficient (Wildman–Crippen LogP) is 4.59. The monoisotopic (exact) mass is 578 g/mol. The average molecular weight is 579 g/mol. The number of rotatable bonds is 11. The Hall–Kier alpha value is -4.62. The van der Waals surface area contributed by atoms with E-state index in [1.807, 2.05) is 32.0 Å². The van der Waals surface area contributed by atoms with Gasteiger partial charge in [0, 0.05) is 42.7 Å². The molecule has 0 aliphatic carbocycles. The molecule has 13 heteroatoms.